The van der Waals surface area contributed by atoms with Crippen molar-refractivity contribution in [3.63, 3.8) is 0 Å². The Labute approximate surface area is 131 Å². The number of amides is 2. The monoisotopic (exact) mass is 320 g/mol. The Bertz CT molecular complexity index is 685. The van der Waals surface area contributed by atoms with Gasteiger partial charge < -0.3 is 4.74 Å². The molecule has 0 atom stereocenters. The van der Waals surface area contributed by atoms with Gasteiger partial charge in [0.05, 0.1) is 18.4 Å². The van der Waals surface area contributed by atoms with Gasteiger partial charge in [0.25, 0.3) is 0 Å². The highest BCUT2D eigenvalue weighted by Crippen LogP contribution is 2.33. The number of ether oxygens (including phenoxy) is 1. The van der Waals surface area contributed by atoms with E-state index in [2.05, 4.69) is 20.6 Å². The van der Waals surface area contributed by atoms with Crippen LogP contribution < -0.4 is 10.6 Å². The van der Waals surface area contributed by atoms with Gasteiger partial charge >= 0.3 is 12.0 Å². The van der Waals surface area contributed by atoms with Crippen molar-refractivity contribution in [1.29, 1.82) is 0 Å². The van der Waals surface area contributed by atoms with Crippen molar-refractivity contribution >= 4 is 34.2 Å². The van der Waals surface area contributed by atoms with Gasteiger partial charge in [0, 0.05) is 17.3 Å². The van der Waals surface area contributed by atoms with Crippen LogP contribution in [0.1, 0.15) is 27.7 Å². The number of nitrogens with one attached hydrogen (secondary N) is 2. The van der Waals surface area contributed by atoms with E-state index < -0.39 is 12.0 Å². The van der Waals surface area contributed by atoms with Crippen LogP contribution in [0, 0.1) is 13.8 Å². The first-order valence-electron chi connectivity index (χ1n) is 6.64. The summed E-state index contributed by atoms with van der Waals surface area (Å²) in [6.45, 7) is 5.72. The van der Waals surface area contributed by atoms with E-state index in [0.29, 0.717) is 16.4 Å². The summed E-state index contributed by atoms with van der Waals surface area (Å²) in [6.07, 6.45) is 4.41. The first kappa shape index (κ1) is 15.9. The molecule has 0 aliphatic rings. The highest BCUT2D eigenvalue weighted by molar-refractivity contribution is 7.16. The number of aromatic nitrogens is 2. The highest BCUT2D eigenvalue weighted by atomic mass is 32.1. The number of esters is 1. The fourth-order valence-corrected chi connectivity index (χ4v) is 2.82. The Kier molecular flexibility index (Phi) is 5.05. The molecular formula is C14H16N4O3S. The van der Waals surface area contributed by atoms with Crippen LogP contribution in [-0.4, -0.2) is 28.6 Å². The third kappa shape index (κ3) is 3.59. The molecule has 0 aliphatic heterocycles. The van der Waals surface area contributed by atoms with Crippen LogP contribution in [0.4, 0.5) is 15.6 Å². The molecule has 116 valence electrons. The van der Waals surface area contributed by atoms with Crippen LogP contribution >= 0.6 is 11.3 Å². The molecular weight excluding hydrogens is 304 g/mol. The third-order valence-corrected chi connectivity index (χ3v) is 4.02. The summed E-state index contributed by atoms with van der Waals surface area (Å²) in [7, 11) is 0. The number of nitrogens with zero attached hydrogens (tertiary/aromatic N) is 2. The smallest absolute Gasteiger partial charge is 0.341 e. The predicted molar refractivity (Wildman–Crippen MR) is 84.4 cm³/mol. The number of hydrogen-bond donors (Lipinski definition) is 2. The lowest BCUT2D eigenvalue weighted by Gasteiger charge is -2.07. The van der Waals surface area contributed by atoms with Gasteiger partial charge in [-0.3, -0.25) is 15.6 Å². The molecule has 22 heavy (non-hydrogen) atoms. The van der Waals surface area contributed by atoms with E-state index in [4.69, 9.17) is 4.74 Å². The second-order valence-corrected chi connectivity index (χ2v) is 5.60. The van der Waals surface area contributed by atoms with Crippen molar-refractivity contribution in [1.82, 2.24) is 9.97 Å². The lowest BCUT2D eigenvalue weighted by atomic mass is 10.1. The van der Waals surface area contributed by atoms with Crippen molar-refractivity contribution in [2.24, 2.45) is 0 Å². The Balaban J connectivity index is 2.17. The Morgan fingerprint density at radius 1 is 1.27 bits per heavy atom. The molecule has 7 nitrogen and oxygen atoms in total. The number of thiophene rings is 1. The van der Waals surface area contributed by atoms with Crippen LogP contribution in [0.2, 0.25) is 0 Å². The van der Waals surface area contributed by atoms with Gasteiger partial charge in [-0.05, 0) is 26.3 Å². The third-order valence-electron chi connectivity index (χ3n) is 2.90. The zero-order chi connectivity index (χ0) is 16.1. The molecule has 2 heterocycles. The first-order valence-corrected chi connectivity index (χ1v) is 7.45. The zero-order valence-electron chi connectivity index (χ0n) is 12.5. The second-order valence-electron chi connectivity index (χ2n) is 4.38. The molecule has 2 aromatic rings. The molecule has 0 spiro atoms. The molecule has 0 saturated carbocycles. The van der Waals surface area contributed by atoms with Crippen molar-refractivity contribution < 1.29 is 14.3 Å². The minimum Gasteiger partial charge on any atom is -0.462 e. The Hall–Kier alpha value is -2.48. The maximum atomic E-state index is 12.0. The van der Waals surface area contributed by atoms with Crippen LogP contribution in [0.5, 0.6) is 0 Å². The summed E-state index contributed by atoms with van der Waals surface area (Å²) in [4.78, 5) is 32.8. The van der Waals surface area contributed by atoms with Gasteiger partial charge in [-0.25, -0.2) is 14.6 Å². The van der Waals surface area contributed by atoms with E-state index in [1.54, 1.807) is 6.92 Å². The van der Waals surface area contributed by atoms with E-state index >= 15 is 0 Å². The average Bonchev–Trinajstić information content (AvgIpc) is 2.74. The molecule has 0 radical (unpaired) electrons. The maximum Gasteiger partial charge on any atom is 0.341 e. The minimum atomic E-state index is -0.493. The number of aryl methyl sites for hydroxylation is 1. The second kappa shape index (κ2) is 6.99. The zero-order valence-corrected chi connectivity index (χ0v) is 13.3. The number of carbonyl (C=O) groups excluding carboxylic acids is 2. The van der Waals surface area contributed by atoms with Crippen molar-refractivity contribution in [2.45, 2.75) is 20.8 Å². The lowest BCUT2D eigenvalue weighted by Crippen LogP contribution is -2.21. The van der Waals surface area contributed by atoms with E-state index in [9.17, 15) is 9.59 Å². The molecule has 0 unspecified atom stereocenters. The van der Waals surface area contributed by atoms with E-state index in [1.807, 2.05) is 13.8 Å². The average molecular weight is 320 g/mol. The summed E-state index contributed by atoms with van der Waals surface area (Å²) >= 11 is 1.33. The summed E-state index contributed by atoms with van der Waals surface area (Å²) < 4.78 is 5.04. The molecule has 0 fully saturated rings. The van der Waals surface area contributed by atoms with Crippen molar-refractivity contribution in [3.8, 4) is 0 Å². The number of hydrogen-bond acceptors (Lipinski definition) is 6. The highest BCUT2D eigenvalue weighted by Gasteiger charge is 2.22. The Morgan fingerprint density at radius 2 is 2.05 bits per heavy atom. The van der Waals surface area contributed by atoms with E-state index in [1.165, 1.54) is 29.9 Å². The molecule has 2 amide bonds. The summed E-state index contributed by atoms with van der Waals surface area (Å²) in [5.41, 5.74) is 1.19. The van der Waals surface area contributed by atoms with Gasteiger partial charge in [-0.15, -0.1) is 11.3 Å². The summed E-state index contributed by atoms with van der Waals surface area (Å²) in [6, 6.07) is -0.493. The van der Waals surface area contributed by atoms with Crippen LogP contribution in [0.3, 0.4) is 0 Å². The van der Waals surface area contributed by atoms with Gasteiger partial charge in [0.1, 0.15) is 5.00 Å². The van der Waals surface area contributed by atoms with Gasteiger partial charge in [0.2, 0.25) is 0 Å². The lowest BCUT2D eigenvalue weighted by molar-refractivity contribution is 0.0527. The fourth-order valence-electron chi connectivity index (χ4n) is 1.78. The van der Waals surface area contributed by atoms with Gasteiger partial charge in [0.15, 0.2) is 5.82 Å². The van der Waals surface area contributed by atoms with Gasteiger partial charge in [-0.2, -0.15) is 0 Å². The summed E-state index contributed by atoms with van der Waals surface area (Å²) in [5, 5.41) is 5.66. The van der Waals surface area contributed by atoms with E-state index in [0.717, 1.165) is 10.4 Å². The fraction of sp³-hybridized carbons (Fsp3) is 0.286. The van der Waals surface area contributed by atoms with Gasteiger partial charge in [-0.1, -0.05) is 0 Å². The molecule has 2 rings (SSSR count). The maximum absolute atomic E-state index is 12.0. The standard InChI is InChI=1S/C14H16N4O3S/c1-4-21-13(19)11-8(2)9(3)22-12(11)18-14(20)17-10-7-15-5-6-16-10/h5-7H,4H2,1-3H3,(H2,16,17,18,20). The molecule has 8 heteroatoms. The first-order chi connectivity index (χ1) is 10.5. The summed E-state index contributed by atoms with van der Waals surface area (Å²) in [5.74, 6) is -0.123. The normalized spacial score (nSPS) is 10.1. The Morgan fingerprint density at radius 3 is 2.68 bits per heavy atom. The molecule has 2 aromatic heterocycles. The SMILES string of the molecule is CCOC(=O)c1c(NC(=O)Nc2cnccn2)sc(C)c1C. The topological polar surface area (TPSA) is 93.2 Å². The number of carbonyl (C=O) groups is 2. The molecule has 0 bridgehead atoms. The van der Waals surface area contributed by atoms with Crippen LogP contribution in [-0.2, 0) is 4.74 Å². The van der Waals surface area contributed by atoms with E-state index in [-0.39, 0.29) is 6.61 Å². The van der Waals surface area contributed by atoms with Crippen molar-refractivity contribution in [3.05, 3.63) is 34.6 Å². The van der Waals surface area contributed by atoms with Crippen LogP contribution in [0.15, 0.2) is 18.6 Å². The molecule has 0 aromatic carbocycles. The molecule has 2 N–H and O–H groups in total. The molecule has 0 aliphatic carbocycles. The number of anilines is 2. The van der Waals surface area contributed by atoms with Crippen molar-refractivity contribution in [2.75, 3.05) is 17.2 Å². The largest absolute Gasteiger partial charge is 0.462 e. The predicted octanol–water partition coefficient (Wildman–Crippen LogP) is 2.98. The minimum absolute atomic E-state index is 0.276. The quantitative estimate of drug-likeness (QED) is 0.845. The molecule has 0 saturated heterocycles. The van der Waals surface area contributed by atoms with Crippen LogP contribution in [0.25, 0.3) is 0 Å². The number of urea groups is 1. The number of rotatable bonds is 4.